The number of hydrogen-bond acceptors (Lipinski definition) is 11. The molecule has 1 N–H and O–H groups in total. The van der Waals surface area contributed by atoms with Crippen LogP contribution in [0.25, 0.3) is 0 Å². The minimum atomic E-state index is -0.510. The Morgan fingerprint density at radius 2 is 0.950 bits per heavy atom. The monoisotopic (exact) mass is 581 g/mol. The van der Waals surface area contributed by atoms with Crippen LogP contribution in [-0.2, 0) is 47.4 Å². The summed E-state index contributed by atoms with van der Waals surface area (Å²) in [4.78, 5) is 23.0. The molecule has 238 valence electrons. The lowest BCUT2D eigenvalue weighted by molar-refractivity contribution is -0.145. The van der Waals surface area contributed by atoms with Crippen LogP contribution in [-0.4, -0.2) is 123 Å². The summed E-state index contributed by atoms with van der Waals surface area (Å²) in [5.41, 5.74) is -0.510. The van der Waals surface area contributed by atoms with Crippen LogP contribution in [0.2, 0.25) is 0 Å². The average molecular weight is 582 g/mol. The number of alkyl carbamates (subject to hydrolysis) is 1. The van der Waals surface area contributed by atoms with E-state index in [0.717, 1.165) is 25.7 Å². The Morgan fingerprint density at radius 3 is 1.35 bits per heavy atom. The Labute approximate surface area is 240 Å². The van der Waals surface area contributed by atoms with Gasteiger partial charge >= 0.3 is 12.1 Å². The van der Waals surface area contributed by atoms with Crippen LogP contribution in [0.15, 0.2) is 0 Å². The molecule has 0 rings (SSSR count). The highest BCUT2D eigenvalue weighted by molar-refractivity contribution is 5.69. The first-order chi connectivity index (χ1) is 19.3. The SMILES string of the molecule is CCCCCCC(=O)OCCOCCOCCOCCOCCOCCOCCOCCNC(=O)OC(C)(C)C. The molecule has 1 amide bonds. The third-order valence-corrected chi connectivity index (χ3v) is 4.87. The normalized spacial score (nSPS) is 11.5. The minimum absolute atomic E-state index is 0.155. The van der Waals surface area contributed by atoms with Gasteiger partial charge in [0.25, 0.3) is 0 Å². The lowest BCUT2D eigenvalue weighted by Gasteiger charge is -2.19. The summed E-state index contributed by atoms with van der Waals surface area (Å²) >= 11 is 0. The second kappa shape index (κ2) is 29.0. The van der Waals surface area contributed by atoms with Crippen LogP contribution < -0.4 is 5.32 Å². The van der Waals surface area contributed by atoms with E-state index in [4.69, 9.17) is 42.6 Å². The van der Waals surface area contributed by atoms with Crippen molar-refractivity contribution in [1.82, 2.24) is 5.32 Å². The van der Waals surface area contributed by atoms with Crippen molar-refractivity contribution in [3.63, 3.8) is 0 Å². The quantitative estimate of drug-likeness (QED) is 0.103. The predicted octanol–water partition coefficient (Wildman–Crippen LogP) is 3.14. The maximum atomic E-state index is 11.5. The minimum Gasteiger partial charge on any atom is -0.463 e. The van der Waals surface area contributed by atoms with Crippen molar-refractivity contribution < 1.29 is 52.2 Å². The lowest BCUT2D eigenvalue weighted by Crippen LogP contribution is -2.34. The first-order valence-electron chi connectivity index (χ1n) is 14.5. The Balaban J connectivity index is 3.15. The van der Waals surface area contributed by atoms with Crippen molar-refractivity contribution in [2.75, 3.05) is 106 Å². The second-order valence-electron chi connectivity index (χ2n) is 9.75. The molecule has 0 aliphatic carbocycles. The van der Waals surface area contributed by atoms with Gasteiger partial charge in [-0.2, -0.15) is 0 Å². The number of ether oxygens (including phenoxy) is 9. The molecule has 0 saturated heterocycles. The molecule has 0 aliphatic heterocycles. The average Bonchev–Trinajstić information content (AvgIpc) is 2.90. The van der Waals surface area contributed by atoms with E-state index in [9.17, 15) is 9.59 Å². The summed E-state index contributed by atoms with van der Waals surface area (Å²) in [5, 5.41) is 2.62. The predicted molar refractivity (Wildman–Crippen MR) is 150 cm³/mol. The molecule has 0 atom stereocenters. The number of unbranched alkanes of at least 4 members (excludes halogenated alkanes) is 3. The molecule has 12 heteroatoms. The van der Waals surface area contributed by atoms with Crippen LogP contribution in [0, 0.1) is 0 Å². The van der Waals surface area contributed by atoms with Crippen molar-refractivity contribution in [2.24, 2.45) is 0 Å². The number of amides is 1. The summed E-state index contributed by atoms with van der Waals surface area (Å²) < 4.78 is 48.2. The van der Waals surface area contributed by atoms with Crippen molar-refractivity contribution in [2.45, 2.75) is 65.4 Å². The van der Waals surface area contributed by atoms with Crippen molar-refractivity contribution in [3.05, 3.63) is 0 Å². The Morgan fingerprint density at radius 1 is 0.550 bits per heavy atom. The Bertz CT molecular complexity index is 573. The molecule has 0 unspecified atom stereocenters. The maximum Gasteiger partial charge on any atom is 0.407 e. The maximum absolute atomic E-state index is 11.5. The number of carbonyl (C=O) groups is 2. The standard InChI is InChI=1S/C28H55NO11/c1-5-6-7-8-9-26(30)39-25-24-38-23-22-37-21-20-36-19-18-35-17-16-34-15-14-33-13-12-32-11-10-29-27(31)40-28(2,3)4/h5-25H2,1-4H3,(H,29,31). The molecule has 0 fully saturated rings. The topological polar surface area (TPSA) is 129 Å². The molecule has 12 nitrogen and oxygen atoms in total. The third kappa shape index (κ3) is 32.7. The summed E-state index contributed by atoms with van der Waals surface area (Å²) in [6, 6.07) is 0. The van der Waals surface area contributed by atoms with Crippen LogP contribution in [0.5, 0.6) is 0 Å². The highest BCUT2D eigenvalue weighted by Gasteiger charge is 2.15. The van der Waals surface area contributed by atoms with Gasteiger partial charge in [-0.1, -0.05) is 26.2 Å². The molecule has 40 heavy (non-hydrogen) atoms. The van der Waals surface area contributed by atoms with E-state index in [1.54, 1.807) is 0 Å². The van der Waals surface area contributed by atoms with Gasteiger partial charge in [-0.05, 0) is 27.2 Å². The molecule has 0 aromatic rings. The van der Waals surface area contributed by atoms with Gasteiger partial charge in [0.05, 0.1) is 92.5 Å². The molecule has 0 radical (unpaired) electrons. The van der Waals surface area contributed by atoms with Crippen molar-refractivity contribution >= 4 is 12.1 Å². The van der Waals surface area contributed by atoms with Gasteiger partial charge in [0.1, 0.15) is 12.2 Å². The van der Waals surface area contributed by atoms with Gasteiger partial charge < -0.3 is 47.9 Å². The third-order valence-electron chi connectivity index (χ3n) is 4.87. The summed E-state index contributed by atoms with van der Waals surface area (Å²) in [5.74, 6) is -0.155. The smallest absolute Gasteiger partial charge is 0.407 e. The van der Waals surface area contributed by atoms with E-state index in [0.29, 0.717) is 105 Å². The number of carbonyl (C=O) groups excluding carboxylic acids is 2. The van der Waals surface area contributed by atoms with Crippen molar-refractivity contribution in [3.8, 4) is 0 Å². The first kappa shape index (κ1) is 38.5. The van der Waals surface area contributed by atoms with E-state index in [1.807, 2.05) is 20.8 Å². The molecule has 0 heterocycles. The fourth-order valence-corrected chi connectivity index (χ4v) is 2.94. The van der Waals surface area contributed by atoms with Gasteiger partial charge in [0, 0.05) is 13.0 Å². The molecule has 0 spiro atoms. The van der Waals surface area contributed by atoms with Gasteiger partial charge in [0.15, 0.2) is 0 Å². The van der Waals surface area contributed by atoms with E-state index in [2.05, 4.69) is 12.2 Å². The van der Waals surface area contributed by atoms with Crippen LogP contribution in [0.4, 0.5) is 4.79 Å². The molecule has 0 aromatic heterocycles. The fourth-order valence-electron chi connectivity index (χ4n) is 2.94. The van der Waals surface area contributed by atoms with Gasteiger partial charge in [-0.3, -0.25) is 4.79 Å². The lowest BCUT2D eigenvalue weighted by atomic mass is 10.2. The highest BCUT2D eigenvalue weighted by atomic mass is 16.6. The molecular weight excluding hydrogens is 526 g/mol. The van der Waals surface area contributed by atoms with Gasteiger partial charge in [-0.25, -0.2) is 4.79 Å². The van der Waals surface area contributed by atoms with Crippen LogP contribution in [0.3, 0.4) is 0 Å². The number of esters is 1. The van der Waals surface area contributed by atoms with Crippen molar-refractivity contribution in [1.29, 1.82) is 0 Å². The highest BCUT2D eigenvalue weighted by Crippen LogP contribution is 2.06. The van der Waals surface area contributed by atoms with Crippen LogP contribution in [0.1, 0.15) is 59.8 Å². The Hall–Kier alpha value is -1.54. The summed E-state index contributed by atoms with van der Waals surface area (Å²) in [6.07, 6.45) is 4.30. The molecule has 0 saturated carbocycles. The summed E-state index contributed by atoms with van der Waals surface area (Å²) in [6.45, 7) is 14.7. The Kier molecular flexibility index (Phi) is 27.9. The summed E-state index contributed by atoms with van der Waals surface area (Å²) in [7, 11) is 0. The van der Waals surface area contributed by atoms with E-state index in [-0.39, 0.29) is 12.6 Å². The molecule has 0 aromatic carbocycles. The van der Waals surface area contributed by atoms with Gasteiger partial charge in [-0.15, -0.1) is 0 Å². The number of hydrogen-bond donors (Lipinski definition) is 1. The zero-order valence-electron chi connectivity index (χ0n) is 25.3. The largest absolute Gasteiger partial charge is 0.463 e. The first-order valence-corrected chi connectivity index (χ1v) is 14.5. The molecular formula is C28H55NO11. The van der Waals surface area contributed by atoms with Gasteiger partial charge in [0.2, 0.25) is 0 Å². The van der Waals surface area contributed by atoms with E-state index < -0.39 is 11.7 Å². The molecule has 0 bridgehead atoms. The van der Waals surface area contributed by atoms with E-state index >= 15 is 0 Å². The number of rotatable bonds is 29. The fraction of sp³-hybridized carbons (Fsp3) is 0.929. The zero-order valence-corrected chi connectivity index (χ0v) is 25.3. The number of nitrogens with one attached hydrogen (secondary N) is 1. The molecule has 0 aliphatic rings. The van der Waals surface area contributed by atoms with E-state index in [1.165, 1.54) is 0 Å². The van der Waals surface area contributed by atoms with Crippen LogP contribution >= 0.6 is 0 Å². The zero-order chi connectivity index (χ0) is 29.6. The second-order valence-corrected chi connectivity index (χ2v) is 9.75.